The van der Waals surface area contributed by atoms with Gasteiger partial charge in [-0.05, 0) is 0 Å². The minimum atomic E-state index is -1.01. The number of halogens is 4. The first-order valence-electron chi connectivity index (χ1n) is 0.456. The van der Waals surface area contributed by atoms with E-state index >= 15 is 0 Å². The second kappa shape index (κ2) is 3.64. The molecule has 0 aromatic rings. The van der Waals surface area contributed by atoms with Gasteiger partial charge in [-0.2, -0.15) is 0 Å². The molecule has 5 heavy (non-hydrogen) atoms. The standard InChI is InChI=1S/Au.4HI/h;4*1H/q+3;;;;/p-4. The SMILES string of the molecule is [I][Au-]([I])([I])[I]. The average Bonchev–Trinajstić information content (AvgIpc) is 0.722. The van der Waals surface area contributed by atoms with Gasteiger partial charge in [0.2, 0.25) is 0 Å². The Bertz CT molecular complexity index is 19.1. The van der Waals surface area contributed by atoms with Gasteiger partial charge in [-0.15, -0.1) is 0 Å². The van der Waals surface area contributed by atoms with Crippen LogP contribution in [0.15, 0.2) is 0 Å². The fourth-order valence-corrected chi connectivity index (χ4v) is 0. The first-order valence-corrected chi connectivity index (χ1v) is 25.0. The zero-order valence-electron chi connectivity index (χ0n) is 1.81. The van der Waals surface area contributed by atoms with E-state index in [4.69, 9.17) is 0 Å². The molecule has 0 aliphatic carbocycles. The Balaban J connectivity index is 3.02. The molecule has 0 aromatic heterocycles. The Hall–Kier alpha value is 3.66. The summed E-state index contributed by atoms with van der Waals surface area (Å²) in [6.07, 6.45) is 0. The maximum atomic E-state index is 2.51. The Kier molecular flexibility index (Phi) is 6.31. The van der Waals surface area contributed by atoms with Gasteiger partial charge in [0.05, 0.1) is 0 Å². The molecular weight excluding hydrogens is 705 g/mol. The van der Waals surface area contributed by atoms with Gasteiger partial charge in [-0.25, -0.2) is 0 Å². The molecular formula is AuI4-. The van der Waals surface area contributed by atoms with Crippen molar-refractivity contribution in [2.45, 2.75) is 0 Å². The Morgan fingerprint density at radius 1 is 0.800 bits per heavy atom. The van der Waals surface area contributed by atoms with E-state index < -0.39 is 1.87 Å². The molecule has 0 radical (unpaired) electrons. The van der Waals surface area contributed by atoms with E-state index in [1.165, 1.54) is 0 Å². The third-order valence-corrected chi connectivity index (χ3v) is 0. The van der Waals surface area contributed by atoms with Gasteiger partial charge >= 0.3 is 78.0 Å². The Morgan fingerprint density at radius 3 is 0.800 bits per heavy atom. The third-order valence-electron chi connectivity index (χ3n) is 0. The minimum absolute atomic E-state index is 1.01. The number of rotatable bonds is 0. The monoisotopic (exact) mass is 705 g/mol. The first kappa shape index (κ1) is 8.66. The molecule has 0 aromatic carbocycles. The second-order valence-electron chi connectivity index (χ2n) is 0.258. The Morgan fingerprint density at radius 2 is 0.800 bits per heavy atom. The summed E-state index contributed by atoms with van der Waals surface area (Å²) in [5.74, 6) is 0. The van der Waals surface area contributed by atoms with Crippen LogP contribution in [0.1, 0.15) is 0 Å². The van der Waals surface area contributed by atoms with Crippen LogP contribution in [-0.2, 0) is 1.87 Å². The van der Waals surface area contributed by atoms with Crippen molar-refractivity contribution in [2.24, 2.45) is 0 Å². The van der Waals surface area contributed by atoms with Gasteiger partial charge in [0.1, 0.15) is 0 Å². The van der Waals surface area contributed by atoms with Gasteiger partial charge in [0.15, 0.2) is 0 Å². The van der Waals surface area contributed by atoms with Crippen LogP contribution in [0.25, 0.3) is 0 Å². The van der Waals surface area contributed by atoms with E-state index in [1.807, 2.05) is 0 Å². The molecule has 40 valence electrons. The van der Waals surface area contributed by atoms with Crippen LogP contribution in [0.3, 0.4) is 0 Å². The zero-order valence-corrected chi connectivity index (χ0v) is 12.6. The molecule has 0 heterocycles. The van der Waals surface area contributed by atoms with Crippen molar-refractivity contribution in [2.75, 3.05) is 0 Å². The van der Waals surface area contributed by atoms with Gasteiger partial charge in [0, 0.05) is 0 Å². The number of hydrogen-bond acceptors (Lipinski definition) is 0. The van der Waals surface area contributed by atoms with Crippen LogP contribution < -0.4 is 0 Å². The van der Waals surface area contributed by atoms with Crippen molar-refractivity contribution in [3.05, 3.63) is 0 Å². The summed E-state index contributed by atoms with van der Waals surface area (Å²) in [4.78, 5) is 0. The second-order valence-corrected chi connectivity index (χ2v) is 95.2. The van der Waals surface area contributed by atoms with Gasteiger partial charge in [-0.1, -0.05) is 0 Å². The van der Waals surface area contributed by atoms with E-state index in [2.05, 4.69) is 76.1 Å². The predicted octanol–water partition coefficient (Wildman–Crippen LogP) is 3.54. The normalized spacial score (nSPS) is 15.2. The van der Waals surface area contributed by atoms with Crippen molar-refractivity contribution in [1.82, 2.24) is 0 Å². The van der Waals surface area contributed by atoms with Crippen LogP contribution in [0.5, 0.6) is 0 Å². The van der Waals surface area contributed by atoms with Crippen LogP contribution in [0, 0.1) is 0 Å². The van der Waals surface area contributed by atoms with E-state index in [1.54, 1.807) is 0 Å². The summed E-state index contributed by atoms with van der Waals surface area (Å²) in [6, 6.07) is 0. The van der Waals surface area contributed by atoms with Crippen LogP contribution in [-0.4, -0.2) is 0 Å². The zero-order chi connectivity index (χ0) is 4.50. The predicted molar refractivity (Wildman–Crippen MR) is 56.1 cm³/mol. The fourth-order valence-electron chi connectivity index (χ4n) is 0. The first-order chi connectivity index (χ1) is 2.00. The van der Waals surface area contributed by atoms with Crippen molar-refractivity contribution >= 4 is 76.1 Å². The van der Waals surface area contributed by atoms with Crippen LogP contribution in [0.2, 0.25) is 0 Å². The van der Waals surface area contributed by atoms with E-state index in [-0.39, 0.29) is 0 Å². The molecule has 0 amide bonds. The summed E-state index contributed by atoms with van der Waals surface area (Å²) >= 11 is 10.0. The van der Waals surface area contributed by atoms with Crippen LogP contribution in [0.4, 0.5) is 0 Å². The topological polar surface area (TPSA) is 0 Å². The molecule has 0 rings (SSSR count). The summed E-state index contributed by atoms with van der Waals surface area (Å²) < 4.78 is -1.01. The third kappa shape index (κ3) is 18.3. The molecule has 0 saturated heterocycles. The Labute approximate surface area is 75.2 Å². The van der Waals surface area contributed by atoms with E-state index in [9.17, 15) is 0 Å². The van der Waals surface area contributed by atoms with Gasteiger partial charge in [0.25, 0.3) is 0 Å². The fraction of sp³-hybridized carbons (Fsp3) is 0. The molecule has 5 heteroatoms. The van der Waals surface area contributed by atoms with Crippen molar-refractivity contribution in [1.29, 1.82) is 0 Å². The van der Waals surface area contributed by atoms with E-state index in [0.717, 1.165) is 0 Å². The van der Waals surface area contributed by atoms with Crippen molar-refractivity contribution in [3.63, 3.8) is 0 Å². The molecule has 0 unspecified atom stereocenters. The van der Waals surface area contributed by atoms with E-state index in [0.29, 0.717) is 0 Å². The summed E-state index contributed by atoms with van der Waals surface area (Å²) in [5.41, 5.74) is 0. The molecule has 0 nitrogen and oxygen atoms in total. The molecule has 0 bridgehead atoms. The molecule has 0 aliphatic rings. The molecule has 0 N–H and O–H groups in total. The quantitative estimate of drug-likeness (QED) is 0.268. The van der Waals surface area contributed by atoms with Crippen molar-refractivity contribution < 1.29 is 1.87 Å². The maximum absolute atomic E-state index is 2.51. The molecule has 0 spiro atoms. The molecule has 0 fully saturated rings. The number of hydrogen-bond donors (Lipinski definition) is 0. The van der Waals surface area contributed by atoms with Crippen molar-refractivity contribution in [3.8, 4) is 0 Å². The molecule has 0 aliphatic heterocycles. The summed E-state index contributed by atoms with van der Waals surface area (Å²) in [7, 11) is 0. The van der Waals surface area contributed by atoms with Gasteiger partial charge < -0.3 is 0 Å². The summed E-state index contributed by atoms with van der Waals surface area (Å²) in [5, 5.41) is 0. The average molecular weight is 705 g/mol. The molecule has 0 saturated carbocycles. The van der Waals surface area contributed by atoms with Crippen LogP contribution >= 0.6 is 76.1 Å². The summed E-state index contributed by atoms with van der Waals surface area (Å²) in [6.45, 7) is 0. The molecule has 0 atom stereocenters. The van der Waals surface area contributed by atoms with Gasteiger partial charge in [-0.3, -0.25) is 0 Å².